The maximum Gasteiger partial charge on any atom is 0.151 e. The molecule has 7 heteroatoms. The minimum Gasteiger partial charge on any atom is -0.366 e. The van der Waals surface area contributed by atoms with E-state index in [4.69, 9.17) is 17.3 Å². The number of halogens is 2. The van der Waals surface area contributed by atoms with Gasteiger partial charge in [0, 0.05) is 11.6 Å². The molecule has 0 radical (unpaired) electrons. The first kappa shape index (κ1) is 17.4. The quantitative estimate of drug-likeness (QED) is 0.859. The molecule has 4 rings (SSSR count). The van der Waals surface area contributed by atoms with E-state index < -0.39 is 5.82 Å². The minimum atomic E-state index is -0.474. The first-order valence-electron chi connectivity index (χ1n) is 8.99. The van der Waals surface area contributed by atoms with Crippen LogP contribution in [0.25, 0.3) is 0 Å². The Morgan fingerprint density at radius 1 is 1.27 bits per heavy atom. The average molecular weight is 374 g/mol. The van der Waals surface area contributed by atoms with Crippen molar-refractivity contribution in [2.45, 2.75) is 38.3 Å². The van der Waals surface area contributed by atoms with Crippen molar-refractivity contribution < 1.29 is 4.39 Å². The summed E-state index contributed by atoms with van der Waals surface area (Å²) in [6, 6.07) is 5.22. The Morgan fingerprint density at radius 3 is 2.96 bits per heavy atom. The molecule has 0 saturated heterocycles. The molecule has 2 aliphatic rings. The summed E-state index contributed by atoms with van der Waals surface area (Å²) in [5, 5.41) is 3.57. The second-order valence-corrected chi connectivity index (χ2v) is 7.26. The number of hydrogen-bond donors (Lipinski definition) is 2. The van der Waals surface area contributed by atoms with Crippen molar-refractivity contribution >= 4 is 23.1 Å². The monoisotopic (exact) mass is 373 g/mol. The first-order valence-corrected chi connectivity index (χ1v) is 9.37. The second-order valence-electron chi connectivity index (χ2n) is 6.85. The predicted octanol–water partition coefficient (Wildman–Crippen LogP) is 3.55. The fourth-order valence-electron chi connectivity index (χ4n) is 3.80. The zero-order valence-electron chi connectivity index (χ0n) is 14.4. The lowest BCUT2D eigenvalue weighted by molar-refractivity contribution is 0.332. The summed E-state index contributed by atoms with van der Waals surface area (Å²) in [7, 11) is 0. The van der Waals surface area contributed by atoms with Gasteiger partial charge < -0.3 is 11.1 Å². The molecule has 26 heavy (non-hydrogen) atoms. The van der Waals surface area contributed by atoms with Gasteiger partial charge in [0.25, 0.3) is 0 Å². The predicted molar refractivity (Wildman–Crippen MR) is 101 cm³/mol. The molecule has 0 spiro atoms. The smallest absolute Gasteiger partial charge is 0.151 e. The fourth-order valence-corrected chi connectivity index (χ4v) is 3.98. The highest BCUT2D eigenvalue weighted by molar-refractivity contribution is 6.31. The standard InChI is InChI=1S/C19H21ClFN5/c20-13-6-3-5-12(17(13)21)18-19-15(9-23-18)26-16(10-24-19)25-14-7-2-1-4-11(14)8-22/h3,5-6,10-11,14H,1-2,4,7-9,22H2,(H,25,26)/t11-,14+/m0/s1. The van der Waals surface area contributed by atoms with Gasteiger partial charge in [0.15, 0.2) is 5.82 Å². The van der Waals surface area contributed by atoms with E-state index in [1.165, 1.54) is 18.9 Å². The molecule has 0 amide bonds. The van der Waals surface area contributed by atoms with E-state index >= 15 is 0 Å². The molecule has 0 unspecified atom stereocenters. The largest absolute Gasteiger partial charge is 0.366 e. The number of aliphatic imine (C=N–C) groups is 1. The molecule has 2 heterocycles. The van der Waals surface area contributed by atoms with Crippen molar-refractivity contribution in [3.8, 4) is 0 Å². The van der Waals surface area contributed by atoms with Crippen LogP contribution in [-0.4, -0.2) is 28.3 Å². The van der Waals surface area contributed by atoms with Gasteiger partial charge >= 0.3 is 0 Å². The number of benzene rings is 1. The molecule has 1 aliphatic heterocycles. The van der Waals surface area contributed by atoms with Gasteiger partial charge in [0.2, 0.25) is 0 Å². The highest BCUT2D eigenvalue weighted by atomic mass is 35.5. The molecule has 136 valence electrons. The van der Waals surface area contributed by atoms with Gasteiger partial charge in [-0.1, -0.05) is 30.5 Å². The van der Waals surface area contributed by atoms with Crippen LogP contribution in [0, 0.1) is 11.7 Å². The fraction of sp³-hybridized carbons (Fsp3) is 0.421. The van der Waals surface area contributed by atoms with Gasteiger partial charge in [-0.15, -0.1) is 0 Å². The van der Waals surface area contributed by atoms with E-state index in [0.717, 1.165) is 24.4 Å². The molecule has 1 aromatic carbocycles. The van der Waals surface area contributed by atoms with Crippen LogP contribution in [0.3, 0.4) is 0 Å². The zero-order valence-corrected chi connectivity index (χ0v) is 15.1. The number of nitrogens with one attached hydrogen (secondary N) is 1. The summed E-state index contributed by atoms with van der Waals surface area (Å²) in [5.41, 5.74) is 8.15. The van der Waals surface area contributed by atoms with Crippen LogP contribution in [0.1, 0.15) is 42.6 Å². The van der Waals surface area contributed by atoms with Gasteiger partial charge in [-0.05, 0) is 37.4 Å². The normalized spacial score (nSPS) is 22.0. The van der Waals surface area contributed by atoms with Crippen LogP contribution in [0.2, 0.25) is 5.02 Å². The maximum absolute atomic E-state index is 14.3. The Morgan fingerprint density at radius 2 is 2.12 bits per heavy atom. The molecule has 0 bridgehead atoms. The van der Waals surface area contributed by atoms with E-state index in [1.807, 2.05) is 0 Å². The lowest BCUT2D eigenvalue weighted by Gasteiger charge is -2.31. The lowest BCUT2D eigenvalue weighted by Crippen LogP contribution is -2.37. The second kappa shape index (κ2) is 7.29. The van der Waals surface area contributed by atoms with Crippen LogP contribution < -0.4 is 11.1 Å². The van der Waals surface area contributed by atoms with E-state index in [-0.39, 0.29) is 5.02 Å². The van der Waals surface area contributed by atoms with Crippen molar-refractivity contribution in [3.63, 3.8) is 0 Å². The van der Waals surface area contributed by atoms with E-state index in [2.05, 4.69) is 20.3 Å². The van der Waals surface area contributed by atoms with Crippen LogP contribution in [0.5, 0.6) is 0 Å². The van der Waals surface area contributed by atoms with Gasteiger partial charge in [-0.25, -0.2) is 14.4 Å². The molecule has 2 atom stereocenters. The minimum absolute atomic E-state index is 0.0787. The number of anilines is 1. The highest BCUT2D eigenvalue weighted by Gasteiger charge is 2.27. The van der Waals surface area contributed by atoms with Crippen molar-refractivity contribution in [1.82, 2.24) is 9.97 Å². The summed E-state index contributed by atoms with van der Waals surface area (Å²) in [6.45, 7) is 1.07. The number of hydrogen-bond acceptors (Lipinski definition) is 5. The van der Waals surface area contributed by atoms with E-state index in [1.54, 1.807) is 18.3 Å². The van der Waals surface area contributed by atoms with Gasteiger partial charge in [0.1, 0.15) is 11.5 Å². The molecule has 2 aromatic rings. The average Bonchev–Trinajstić information content (AvgIpc) is 3.07. The Hall–Kier alpha value is -2.05. The number of nitrogens with two attached hydrogens (primary N) is 1. The van der Waals surface area contributed by atoms with Crippen molar-refractivity contribution in [2.75, 3.05) is 11.9 Å². The molecule has 3 N–H and O–H groups in total. The molecule has 5 nitrogen and oxygen atoms in total. The first-order chi connectivity index (χ1) is 12.7. The van der Waals surface area contributed by atoms with Crippen molar-refractivity contribution in [3.05, 3.63) is 52.2 Å². The Bertz CT molecular complexity index is 854. The van der Waals surface area contributed by atoms with Crippen LogP contribution in [-0.2, 0) is 6.54 Å². The summed E-state index contributed by atoms with van der Waals surface area (Å²) in [6.07, 6.45) is 6.38. The SMILES string of the molecule is NC[C@@H]1CCCC[C@H]1Nc1cnc2c(n1)CN=C2c1cccc(Cl)c1F. The Balaban J connectivity index is 1.57. The number of rotatable bonds is 4. The number of nitrogens with zero attached hydrogens (tertiary/aromatic N) is 3. The van der Waals surface area contributed by atoms with Crippen molar-refractivity contribution in [2.24, 2.45) is 16.6 Å². The summed E-state index contributed by atoms with van der Waals surface area (Å²) < 4.78 is 14.3. The lowest BCUT2D eigenvalue weighted by atomic mass is 9.84. The molecular weight excluding hydrogens is 353 g/mol. The summed E-state index contributed by atoms with van der Waals surface area (Å²) in [4.78, 5) is 13.6. The number of aromatic nitrogens is 2. The topological polar surface area (TPSA) is 76.2 Å². The summed E-state index contributed by atoms with van der Waals surface area (Å²) >= 11 is 5.89. The van der Waals surface area contributed by atoms with Crippen molar-refractivity contribution in [1.29, 1.82) is 0 Å². The van der Waals surface area contributed by atoms with Gasteiger partial charge in [-0.3, -0.25) is 4.99 Å². The van der Waals surface area contributed by atoms with Gasteiger partial charge in [0.05, 0.1) is 29.2 Å². The van der Waals surface area contributed by atoms with Gasteiger partial charge in [-0.2, -0.15) is 0 Å². The third kappa shape index (κ3) is 3.19. The van der Waals surface area contributed by atoms with E-state index in [9.17, 15) is 4.39 Å². The number of fused-ring (bicyclic) bond motifs is 1. The maximum atomic E-state index is 14.3. The molecule has 1 saturated carbocycles. The summed E-state index contributed by atoms with van der Waals surface area (Å²) in [5.74, 6) is 0.723. The highest BCUT2D eigenvalue weighted by Crippen LogP contribution is 2.28. The van der Waals surface area contributed by atoms with E-state index in [0.29, 0.717) is 42.0 Å². The third-order valence-electron chi connectivity index (χ3n) is 5.21. The molecular formula is C19H21ClFN5. The van der Waals surface area contributed by atoms with Crippen LogP contribution >= 0.6 is 11.6 Å². The van der Waals surface area contributed by atoms with Crippen LogP contribution in [0.4, 0.5) is 10.2 Å². The van der Waals surface area contributed by atoms with Crippen LogP contribution in [0.15, 0.2) is 29.4 Å². The Kier molecular flexibility index (Phi) is 4.87. The third-order valence-corrected chi connectivity index (χ3v) is 5.50. The molecule has 1 aromatic heterocycles. The molecule has 1 aliphatic carbocycles. The molecule has 1 fully saturated rings. The zero-order chi connectivity index (χ0) is 18.1. The Labute approximate surface area is 156 Å².